The van der Waals surface area contributed by atoms with Crippen LogP contribution >= 0.6 is 0 Å². The number of carbonyl (C=O) groups is 1. The van der Waals surface area contributed by atoms with Crippen LogP contribution in [0.25, 0.3) is 0 Å². The maximum Gasteiger partial charge on any atom is 0.303 e. The topological polar surface area (TPSA) is 71.5 Å². The number of pyridine rings is 1. The summed E-state index contributed by atoms with van der Waals surface area (Å²) >= 11 is 0. The predicted octanol–water partition coefficient (Wildman–Crippen LogP) is 4.86. The molecule has 0 radical (unpaired) electrons. The van der Waals surface area contributed by atoms with Gasteiger partial charge in [-0.15, -0.1) is 0 Å². The summed E-state index contributed by atoms with van der Waals surface area (Å²) in [5, 5.41) is 12.7. The van der Waals surface area contributed by atoms with Gasteiger partial charge in [0.05, 0.1) is 24.4 Å². The summed E-state index contributed by atoms with van der Waals surface area (Å²) in [4.78, 5) is 16.1. The molecule has 0 amide bonds. The van der Waals surface area contributed by atoms with Gasteiger partial charge in [0, 0.05) is 18.7 Å². The highest BCUT2D eigenvalue weighted by molar-refractivity contribution is 5.68. The molecule has 5 heteroatoms. The summed E-state index contributed by atoms with van der Waals surface area (Å²) in [6, 6.07) is 22.0. The van der Waals surface area contributed by atoms with Gasteiger partial charge in [-0.3, -0.25) is 9.78 Å². The molecule has 0 bridgehead atoms. The number of nitrogens with one attached hydrogen (secondary N) is 1. The predicted molar refractivity (Wildman–Crippen MR) is 122 cm³/mol. The van der Waals surface area contributed by atoms with Crippen LogP contribution in [0.5, 0.6) is 5.75 Å². The smallest absolute Gasteiger partial charge is 0.303 e. The molecule has 0 spiro atoms. The quantitative estimate of drug-likeness (QED) is 0.521. The van der Waals surface area contributed by atoms with Crippen LogP contribution in [0.3, 0.4) is 0 Å². The fraction of sp³-hybridized carbons (Fsp3) is 0.308. The van der Waals surface area contributed by atoms with Crippen LogP contribution in [0, 0.1) is 0 Å². The minimum absolute atomic E-state index is 0.0463. The number of carboxylic acids is 1. The van der Waals surface area contributed by atoms with E-state index in [9.17, 15) is 9.90 Å². The van der Waals surface area contributed by atoms with Crippen molar-refractivity contribution in [3.05, 3.63) is 89.2 Å². The van der Waals surface area contributed by atoms with Crippen molar-refractivity contribution in [3.8, 4) is 5.75 Å². The Kier molecular flexibility index (Phi) is 6.82. The summed E-state index contributed by atoms with van der Waals surface area (Å²) in [5.41, 5.74) is 5.52. The van der Waals surface area contributed by atoms with Crippen molar-refractivity contribution >= 4 is 11.7 Å². The molecule has 0 unspecified atom stereocenters. The van der Waals surface area contributed by atoms with Crippen LogP contribution in [0.2, 0.25) is 0 Å². The maximum absolute atomic E-state index is 11.3. The third-order valence-electron chi connectivity index (χ3n) is 5.66. The molecule has 2 N–H and O–H groups in total. The molecule has 1 atom stereocenters. The number of ether oxygens (including phenoxy) is 1. The summed E-state index contributed by atoms with van der Waals surface area (Å²) < 4.78 is 5.91. The van der Waals surface area contributed by atoms with Gasteiger partial charge in [-0.2, -0.15) is 0 Å². The van der Waals surface area contributed by atoms with E-state index in [0.29, 0.717) is 13.0 Å². The number of rotatable bonds is 9. The number of benzene rings is 2. The zero-order chi connectivity index (χ0) is 21.5. The number of aliphatic carboxylic acids is 1. The van der Waals surface area contributed by atoms with E-state index in [4.69, 9.17) is 9.72 Å². The van der Waals surface area contributed by atoms with E-state index in [0.717, 1.165) is 59.8 Å². The highest BCUT2D eigenvalue weighted by atomic mass is 16.5. The molecule has 1 aliphatic heterocycles. The highest BCUT2D eigenvalue weighted by Gasteiger charge is 2.16. The van der Waals surface area contributed by atoms with Crippen molar-refractivity contribution in [2.45, 2.75) is 38.0 Å². The van der Waals surface area contributed by atoms with Gasteiger partial charge in [-0.05, 0) is 60.6 Å². The lowest BCUT2D eigenvalue weighted by Gasteiger charge is -2.17. The maximum atomic E-state index is 11.3. The third kappa shape index (κ3) is 5.85. The van der Waals surface area contributed by atoms with E-state index in [1.807, 2.05) is 54.6 Å². The van der Waals surface area contributed by atoms with E-state index in [-0.39, 0.29) is 12.3 Å². The van der Waals surface area contributed by atoms with Gasteiger partial charge in [-0.1, -0.05) is 42.5 Å². The van der Waals surface area contributed by atoms with Gasteiger partial charge < -0.3 is 15.2 Å². The molecule has 31 heavy (non-hydrogen) atoms. The second kappa shape index (κ2) is 10.1. The fourth-order valence-corrected chi connectivity index (χ4v) is 4.04. The summed E-state index contributed by atoms with van der Waals surface area (Å²) in [6.45, 7) is 1.60. The normalized spacial score (nSPS) is 13.7. The number of anilines is 1. The van der Waals surface area contributed by atoms with E-state index in [2.05, 4.69) is 17.4 Å². The number of hydrogen-bond donors (Lipinski definition) is 2. The summed E-state index contributed by atoms with van der Waals surface area (Å²) in [6.07, 6.45) is 3.73. The molecule has 0 saturated heterocycles. The minimum atomic E-state index is -0.777. The number of hydrogen-bond acceptors (Lipinski definition) is 4. The van der Waals surface area contributed by atoms with Crippen LogP contribution in [0.1, 0.15) is 41.3 Å². The Labute approximate surface area is 183 Å². The average molecular weight is 417 g/mol. The molecule has 1 aliphatic rings. The first-order valence-corrected chi connectivity index (χ1v) is 10.9. The number of aryl methyl sites for hydroxylation is 1. The lowest BCUT2D eigenvalue weighted by molar-refractivity contribution is -0.137. The molecule has 0 saturated carbocycles. The third-order valence-corrected chi connectivity index (χ3v) is 5.66. The first-order valence-electron chi connectivity index (χ1n) is 10.9. The fourth-order valence-electron chi connectivity index (χ4n) is 4.04. The lowest BCUT2D eigenvalue weighted by atomic mass is 9.89. The molecule has 1 aromatic heterocycles. The molecule has 160 valence electrons. The zero-order valence-electron chi connectivity index (χ0n) is 17.6. The van der Waals surface area contributed by atoms with Gasteiger partial charge >= 0.3 is 5.97 Å². The van der Waals surface area contributed by atoms with Gasteiger partial charge in [0.25, 0.3) is 0 Å². The van der Waals surface area contributed by atoms with Crippen molar-refractivity contribution in [2.75, 3.05) is 18.5 Å². The van der Waals surface area contributed by atoms with Gasteiger partial charge in [0.2, 0.25) is 0 Å². The molecular weight excluding hydrogens is 388 g/mol. The Balaban J connectivity index is 1.32. The first-order chi connectivity index (χ1) is 15.2. The van der Waals surface area contributed by atoms with Gasteiger partial charge in [-0.25, -0.2) is 0 Å². The Hall–Kier alpha value is -3.34. The van der Waals surface area contributed by atoms with Crippen LogP contribution in [0.15, 0.2) is 66.7 Å². The molecule has 2 aromatic carbocycles. The summed E-state index contributed by atoms with van der Waals surface area (Å²) in [7, 11) is 0. The number of nitrogens with zero attached hydrogens (tertiary/aromatic N) is 1. The lowest BCUT2D eigenvalue weighted by Crippen LogP contribution is -2.14. The average Bonchev–Trinajstić information content (AvgIpc) is 2.80. The number of aromatic nitrogens is 1. The largest absolute Gasteiger partial charge is 0.493 e. The molecule has 4 rings (SSSR count). The van der Waals surface area contributed by atoms with E-state index >= 15 is 0 Å². The Morgan fingerprint density at radius 3 is 2.65 bits per heavy atom. The SMILES string of the molecule is O=C(O)C[C@H](Cc1ccc(OCCc2ccc3c(n2)CCCN3)cc1)c1ccccc1. The first kappa shape index (κ1) is 20.9. The van der Waals surface area contributed by atoms with Crippen molar-refractivity contribution in [1.29, 1.82) is 0 Å². The van der Waals surface area contributed by atoms with Crippen LogP contribution in [-0.2, 0) is 24.1 Å². The standard InChI is InChI=1S/C26H28N2O3/c29-26(30)18-21(20-5-2-1-3-6-20)17-19-8-11-23(12-9-19)31-16-14-22-10-13-24-25(28-22)7-4-15-27-24/h1-3,5-6,8-13,21,27H,4,7,14-18H2,(H,29,30)/t21-/m0/s1. The Morgan fingerprint density at radius 2 is 1.87 bits per heavy atom. The minimum Gasteiger partial charge on any atom is -0.493 e. The Morgan fingerprint density at radius 1 is 1.06 bits per heavy atom. The van der Waals surface area contributed by atoms with Crippen molar-refractivity contribution in [3.63, 3.8) is 0 Å². The highest BCUT2D eigenvalue weighted by Crippen LogP contribution is 2.26. The van der Waals surface area contributed by atoms with Crippen LogP contribution < -0.4 is 10.1 Å². The van der Waals surface area contributed by atoms with Crippen LogP contribution in [-0.4, -0.2) is 29.2 Å². The van der Waals surface area contributed by atoms with Crippen molar-refractivity contribution in [2.24, 2.45) is 0 Å². The molecule has 3 aromatic rings. The molecule has 5 nitrogen and oxygen atoms in total. The second-order valence-electron chi connectivity index (χ2n) is 7.98. The van der Waals surface area contributed by atoms with Gasteiger partial charge in [0.1, 0.15) is 5.75 Å². The van der Waals surface area contributed by atoms with Crippen molar-refractivity contribution in [1.82, 2.24) is 4.98 Å². The summed E-state index contributed by atoms with van der Waals surface area (Å²) in [5.74, 6) is -0.00621. The second-order valence-corrected chi connectivity index (χ2v) is 7.98. The Bertz CT molecular complexity index is 1000. The molecule has 0 aliphatic carbocycles. The van der Waals surface area contributed by atoms with E-state index < -0.39 is 5.97 Å². The van der Waals surface area contributed by atoms with Gasteiger partial charge in [0.15, 0.2) is 0 Å². The molecule has 2 heterocycles. The zero-order valence-corrected chi connectivity index (χ0v) is 17.6. The number of fused-ring (bicyclic) bond motifs is 1. The number of carboxylic acid groups (broad SMARTS) is 1. The molecular formula is C26H28N2O3. The van der Waals surface area contributed by atoms with E-state index in [1.165, 1.54) is 0 Å². The van der Waals surface area contributed by atoms with E-state index in [1.54, 1.807) is 0 Å². The monoisotopic (exact) mass is 416 g/mol. The van der Waals surface area contributed by atoms with Crippen LogP contribution in [0.4, 0.5) is 5.69 Å². The molecule has 0 fully saturated rings. The van der Waals surface area contributed by atoms with Crippen molar-refractivity contribution < 1.29 is 14.6 Å².